The van der Waals surface area contributed by atoms with Gasteiger partial charge in [-0.1, -0.05) is 6.07 Å². The number of rotatable bonds is 5. The van der Waals surface area contributed by atoms with Crippen molar-refractivity contribution in [2.75, 3.05) is 20.3 Å². The van der Waals surface area contributed by atoms with E-state index in [0.717, 1.165) is 30.7 Å². The van der Waals surface area contributed by atoms with E-state index in [0.29, 0.717) is 0 Å². The van der Waals surface area contributed by atoms with E-state index < -0.39 is 0 Å². The Morgan fingerprint density at radius 2 is 2.33 bits per heavy atom. The maximum Gasteiger partial charge on any atom is 0.181 e. The van der Waals surface area contributed by atoms with Crippen molar-refractivity contribution in [3.63, 3.8) is 0 Å². The molecule has 0 atom stereocenters. The van der Waals surface area contributed by atoms with Crippen LogP contribution < -0.4 is 10.6 Å². The maximum atomic E-state index is 5.24. The van der Waals surface area contributed by atoms with E-state index in [1.807, 2.05) is 19.2 Å². The third-order valence-electron chi connectivity index (χ3n) is 2.29. The van der Waals surface area contributed by atoms with Gasteiger partial charge >= 0.3 is 0 Å². The lowest BCUT2D eigenvalue weighted by Gasteiger charge is -2.03. The molecule has 2 N–H and O–H groups in total. The van der Waals surface area contributed by atoms with Gasteiger partial charge in [0.25, 0.3) is 0 Å². The molecule has 0 aliphatic carbocycles. The molecule has 2 aromatic rings. The molecule has 0 aliphatic heterocycles. The van der Waals surface area contributed by atoms with Gasteiger partial charge in [-0.15, -0.1) is 0 Å². The average molecular weight is 205 g/mol. The Morgan fingerprint density at radius 3 is 3.20 bits per heavy atom. The highest BCUT2D eigenvalue weighted by molar-refractivity contribution is 5.72. The van der Waals surface area contributed by atoms with Crippen LogP contribution in [0.4, 0.5) is 0 Å². The topological polar surface area (TPSA) is 50.1 Å². The summed E-state index contributed by atoms with van der Waals surface area (Å²) in [5.74, 6) is 0. The third kappa shape index (κ3) is 2.55. The van der Waals surface area contributed by atoms with Crippen LogP contribution in [0.25, 0.3) is 11.1 Å². The smallest absolute Gasteiger partial charge is 0.181 e. The van der Waals surface area contributed by atoms with E-state index in [9.17, 15) is 0 Å². The number of oxazole rings is 1. The van der Waals surface area contributed by atoms with Gasteiger partial charge in [-0.2, -0.15) is 0 Å². The highest BCUT2D eigenvalue weighted by atomic mass is 16.3. The van der Waals surface area contributed by atoms with Gasteiger partial charge in [0.15, 0.2) is 12.0 Å². The quantitative estimate of drug-likeness (QED) is 0.567. The lowest BCUT2D eigenvalue weighted by Crippen LogP contribution is -2.27. The van der Waals surface area contributed by atoms with Gasteiger partial charge in [-0.3, -0.25) is 0 Å². The molecule has 0 unspecified atom stereocenters. The molecule has 0 fully saturated rings. The number of benzene rings is 1. The summed E-state index contributed by atoms with van der Waals surface area (Å²) in [5, 5.41) is 6.31. The zero-order valence-corrected chi connectivity index (χ0v) is 8.79. The fourth-order valence-corrected chi connectivity index (χ4v) is 1.50. The Kier molecular flexibility index (Phi) is 3.32. The summed E-state index contributed by atoms with van der Waals surface area (Å²) in [6.07, 6.45) is 2.48. The van der Waals surface area contributed by atoms with Gasteiger partial charge in [0.2, 0.25) is 0 Å². The van der Waals surface area contributed by atoms with Crippen LogP contribution in [-0.4, -0.2) is 25.2 Å². The molecule has 80 valence electrons. The van der Waals surface area contributed by atoms with E-state index >= 15 is 0 Å². The van der Waals surface area contributed by atoms with Crippen molar-refractivity contribution < 1.29 is 4.42 Å². The molecule has 15 heavy (non-hydrogen) atoms. The number of hydrogen-bond donors (Lipinski definition) is 2. The molecule has 4 heteroatoms. The van der Waals surface area contributed by atoms with Crippen LogP contribution in [0.15, 0.2) is 29.0 Å². The molecular formula is C11H15N3O. The van der Waals surface area contributed by atoms with Crippen molar-refractivity contribution in [3.8, 4) is 0 Å². The highest BCUT2D eigenvalue weighted by Gasteiger charge is 1.99. The minimum Gasteiger partial charge on any atom is -0.443 e. The number of nitrogens with one attached hydrogen (secondary N) is 2. The summed E-state index contributed by atoms with van der Waals surface area (Å²) >= 11 is 0. The Labute approximate surface area is 88.7 Å². The van der Waals surface area contributed by atoms with Crippen molar-refractivity contribution in [2.24, 2.45) is 0 Å². The monoisotopic (exact) mass is 205 g/mol. The zero-order valence-electron chi connectivity index (χ0n) is 8.79. The van der Waals surface area contributed by atoms with Crippen LogP contribution in [0.1, 0.15) is 5.56 Å². The van der Waals surface area contributed by atoms with E-state index in [1.165, 1.54) is 12.0 Å². The Balaban J connectivity index is 1.96. The number of hydrogen-bond acceptors (Lipinski definition) is 4. The summed E-state index contributed by atoms with van der Waals surface area (Å²) in [7, 11) is 1.92. The fourth-order valence-electron chi connectivity index (χ4n) is 1.50. The molecule has 0 saturated carbocycles. The zero-order chi connectivity index (χ0) is 10.5. The van der Waals surface area contributed by atoms with Crippen LogP contribution in [0.5, 0.6) is 0 Å². The van der Waals surface area contributed by atoms with Crippen molar-refractivity contribution in [2.45, 2.75) is 6.42 Å². The first-order valence-electron chi connectivity index (χ1n) is 5.07. The van der Waals surface area contributed by atoms with Crippen LogP contribution in [0, 0.1) is 0 Å². The largest absolute Gasteiger partial charge is 0.443 e. The lowest BCUT2D eigenvalue weighted by atomic mass is 10.1. The SMILES string of the molecule is CNCNCCc1ccc2ncoc2c1. The number of aromatic nitrogens is 1. The second-order valence-corrected chi connectivity index (χ2v) is 3.43. The molecule has 0 saturated heterocycles. The molecule has 0 bridgehead atoms. The van der Waals surface area contributed by atoms with Gasteiger partial charge < -0.3 is 15.1 Å². The van der Waals surface area contributed by atoms with E-state index in [2.05, 4.69) is 21.7 Å². The first kappa shape index (κ1) is 10.1. The minimum absolute atomic E-state index is 0.838. The van der Waals surface area contributed by atoms with E-state index in [4.69, 9.17) is 4.42 Å². The molecule has 4 nitrogen and oxygen atoms in total. The number of nitrogens with zero attached hydrogens (tertiary/aromatic N) is 1. The molecule has 0 amide bonds. The van der Waals surface area contributed by atoms with E-state index in [1.54, 1.807) is 0 Å². The Bertz CT molecular complexity index is 424. The third-order valence-corrected chi connectivity index (χ3v) is 2.29. The predicted octanol–water partition coefficient (Wildman–Crippen LogP) is 1.14. The molecule has 1 heterocycles. The lowest BCUT2D eigenvalue weighted by molar-refractivity contribution is 0.600. The van der Waals surface area contributed by atoms with Gasteiger partial charge in [-0.25, -0.2) is 4.98 Å². The second kappa shape index (κ2) is 4.91. The fraction of sp³-hybridized carbons (Fsp3) is 0.364. The summed E-state index contributed by atoms with van der Waals surface area (Å²) < 4.78 is 5.24. The van der Waals surface area contributed by atoms with Crippen LogP contribution >= 0.6 is 0 Å². The average Bonchev–Trinajstić information content (AvgIpc) is 2.71. The molecule has 0 aliphatic rings. The first-order chi connectivity index (χ1) is 7.40. The molecule has 1 aromatic carbocycles. The van der Waals surface area contributed by atoms with E-state index in [-0.39, 0.29) is 0 Å². The van der Waals surface area contributed by atoms with Gasteiger partial charge in [0.1, 0.15) is 5.52 Å². The number of fused-ring (bicyclic) bond motifs is 1. The van der Waals surface area contributed by atoms with Crippen molar-refractivity contribution in [1.29, 1.82) is 0 Å². The summed E-state index contributed by atoms with van der Waals surface area (Å²) in [4.78, 5) is 4.08. The molecule has 0 radical (unpaired) electrons. The summed E-state index contributed by atoms with van der Waals surface area (Å²) in [6, 6.07) is 6.13. The normalized spacial score (nSPS) is 11.0. The van der Waals surface area contributed by atoms with Crippen molar-refractivity contribution >= 4 is 11.1 Å². The molecule has 1 aromatic heterocycles. The van der Waals surface area contributed by atoms with Crippen molar-refractivity contribution in [1.82, 2.24) is 15.6 Å². The van der Waals surface area contributed by atoms with Crippen molar-refractivity contribution in [3.05, 3.63) is 30.2 Å². The van der Waals surface area contributed by atoms with Gasteiger partial charge in [-0.05, 0) is 31.2 Å². The van der Waals surface area contributed by atoms with Gasteiger partial charge in [0, 0.05) is 13.2 Å². The minimum atomic E-state index is 0.838. The molecule has 0 spiro atoms. The van der Waals surface area contributed by atoms with Crippen LogP contribution in [0.3, 0.4) is 0 Å². The van der Waals surface area contributed by atoms with Crippen LogP contribution in [-0.2, 0) is 6.42 Å². The van der Waals surface area contributed by atoms with Gasteiger partial charge in [0.05, 0.1) is 0 Å². The molecule has 2 rings (SSSR count). The first-order valence-corrected chi connectivity index (χ1v) is 5.07. The Hall–Kier alpha value is -1.39. The second-order valence-electron chi connectivity index (χ2n) is 3.43. The Morgan fingerprint density at radius 1 is 1.40 bits per heavy atom. The predicted molar refractivity (Wildman–Crippen MR) is 59.6 cm³/mol. The summed E-state index contributed by atoms with van der Waals surface area (Å²) in [5.41, 5.74) is 3.05. The summed E-state index contributed by atoms with van der Waals surface area (Å²) in [6.45, 7) is 1.80. The standard InChI is InChI=1S/C11H15N3O/c1-12-7-13-5-4-9-2-3-10-11(6-9)15-8-14-10/h2-3,6,8,12-13H,4-5,7H2,1H3. The van der Waals surface area contributed by atoms with Crippen LogP contribution in [0.2, 0.25) is 0 Å². The molecular weight excluding hydrogens is 190 g/mol. The highest BCUT2D eigenvalue weighted by Crippen LogP contribution is 2.14. The maximum absolute atomic E-state index is 5.24.